The summed E-state index contributed by atoms with van der Waals surface area (Å²) in [6.45, 7) is 4.89. The number of rotatable bonds is 7. The first-order valence-corrected chi connectivity index (χ1v) is 9.20. The molecule has 1 rings (SSSR count). The average molecular weight is 342 g/mol. The largest absolute Gasteiger partial charge is 0.465 e. The quantitative estimate of drug-likeness (QED) is 0.713. The molecule has 2 atom stereocenters. The third-order valence-corrected chi connectivity index (χ3v) is 5.52. The minimum absolute atomic E-state index is 0. The lowest BCUT2D eigenvalue weighted by Gasteiger charge is -2.22. The van der Waals surface area contributed by atoms with Crippen LogP contribution in [0.2, 0.25) is 0 Å². The Labute approximate surface area is 134 Å². The van der Waals surface area contributed by atoms with E-state index in [-0.39, 0.29) is 48.3 Å². The van der Waals surface area contributed by atoms with Crippen LogP contribution in [0.1, 0.15) is 39.5 Å². The first kappa shape index (κ1) is 20.7. The topological polar surface area (TPSA) is 86.5 Å². The van der Waals surface area contributed by atoms with E-state index in [0.717, 1.165) is 12.8 Å². The maximum absolute atomic E-state index is 11.8. The Hall–Kier alpha value is -0.330. The zero-order valence-electron chi connectivity index (χ0n) is 12.9. The molecule has 0 saturated carbocycles. The van der Waals surface area contributed by atoms with Crippen molar-refractivity contribution in [3.8, 4) is 0 Å². The van der Waals surface area contributed by atoms with Crippen LogP contribution in [0.25, 0.3) is 0 Å². The van der Waals surface area contributed by atoms with Crippen molar-refractivity contribution in [1.29, 1.82) is 0 Å². The highest BCUT2D eigenvalue weighted by atomic mass is 35.5. The van der Waals surface area contributed by atoms with Crippen molar-refractivity contribution < 1.29 is 17.9 Å². The van der Waals surface area contributed by atoms with Gasteiger partial charge in [0, 0.05) is 12.3 Å². The molecule has 0 aliphatic carbocycles. The first-order chi connectivity index (χ1) is 9.32. The molecule has 1 aliphatic heterocycles. The molecular formula is C14H28ClNO4S. The summed E-state index contributed by atoms with van der Waals surface area (Å²) in [7, 11) is -2.93. The molecule has 2 N–H and O–H groups in total. The van der Waals surface area contributed by atoms with Gasteiger partial charge in [0.1, 0.15) is 0 Å². The number of esters is 1. The number of carbonyl (C=O) groups excluding carboxylic acids is 1. The molecular weight excluding hydrogens is 314 g/mol. The molecule has 0 spiro atoms. The summed E-state index contributed by atoms with van der Waals surface area (Å²) in [4.78, 5) is 11.8. The fourth-order valence-electron chi connectivity index (χ4n) is 2.68. The lowest BCUT2D eigenvalue weighted by molar-refractivity contribution is -0.146. The second-order valence-electron chi connectivity index (χ2n) is 6.24. The fraction of sp³-hybridized carbons (Fsp3) is 0.929. The van der Waals surface area contributed by atoms with Gasteiger partial charge in [0.05, 0.1) is 18.1 Å². The molecule has 0 aromatic carbocycles. The molecule has 1 saturated heterocycles. The van der Waals surface area contributed by atoms with Gasteiger partial charge in [-0.2, -0.15) is 0 Å². The van der Waals surface area contributed by atoms with Gasteiger partial charge in [-0.1, -0.05) is 13.8 Å². The van der Waals surface area contributed by atoms with Crippen molar-refractivity contribution in [1.82, 2.24) is 0 Å². The number of carbonyl (C=O) groups is 1. The molecule has 7 heteroatoms. The molecule has 1 aliphatic rings. The lowest BCUT2D eigenvalue weighted by Crippen LogP contribution is -2.29. The molecule has 0 amide bonds. The van der Waals surface area contributed by atoms with Crippen LogP contribution in [-0.2, 0) is 19.4 Å². The number of hydrogen-bond acceptors (Lipinski definition) is 5. The van der Waals surface area contributed by atoms with Gasteiger partial charge in [-0.25, -0.2) is 8.42 Å². The summed E-state index contributed by atoms with van der Waals surface area (Å²) in [5.41, 5.74) is 5.66. The van der Waals surface area contributed by atoms with Gasteiger partial charge in [-0.15, -0.1) is 12.4 Å². The Morgan fingerprint density at radius 1 is 1.38 bits per heavy atom. The van der Waals surface area contributed by atoms with Gasteiger partial charge < -0.3 is 10.5 Å². The maximum Gasteiger partial charge on any atom is 0.306 e. The van der Waals surface area contributed by atoms with Crippen LogP contribution < -0.4 is 5.73 Å². The van der Waals surface area contributed by atoms with Crippen molar-refractivity contribution in [2.24, 2.45) is 23.5 Å². The smallest absolute Gasteiger partial charge is 0.306 e. The van der Waals surface area contributed by atoms with Crippen LogP contribution in [0.15, 0.2) is 0 Å². The van der Waals surface area contributed by atoms with E-state index in [9.17, 15) is 13.2 Å². The molecule has 0 bridgehead atoms. The molecule has 1 unspecified atom stereocenters. The van der Waals surface area contributed by atoms with Gasteiger partial charge in [0.25, 0.3) is 0 Å². The predicted molar refractivity (Wildman–Crippen MR) is 86.2 cm³/mol. The minimum Gasteiger partial charge on any atom is -0.465 e. The summed E-state index contributed by atoms with van der Waals surface area (Å²) in [5, 5.41) is 0. The number of ether oxygens (including phenoxy) is 1. The molecule has 1 fully saturated rings. The number of hydrogen-bond donors (Lipinski definition) is 1. The van der Waals surface area contributed by atoms with Crippen molar-refractivity contribution in [3.63, 3.8) is 0 Å². The van der Waals surface area contributed by atoms with E-state index >= 15 is 0 Å². The monoisotopic (exact) mass is 341 g/mol. The van der Waals surface area contributed by atoms with Gasteiger partial charge in [-0.3, -0.25) is 4.79 Å². The Bertz CT molecular complexity index is 411. The van der Waals surface area contributed by atoms with Crippen molar-refractivity contribution in [2.75, 3.05) is 24.7 Å². The predicted octanol–water partition coefficient (Wildman–Crippen LogP) is 1.79. The molecule has 126 valence electrons. The number of sulfone groups is 1. The summed E-state index contributed by atoms with van der Waals surface area (Å²) < 4.78 is 28.2. The van der Waals surface area contributed by atoms with Crippen LogP contribution in [0.5, 0.6) is 0 Å². The van der Waals surface area contributed by atoms with Crippen LogP contribution in [0, 0.1) is 17.8 Å². The highest BCUT2D eigenvalue weighted by molar-refractivity contribution is 7.91. The van der Waals surface area contributed by atoms with E-state index < -0.39 is 9.84 Å². The molecule has 0 aromatic rings. The van der Waals surface area contributed by atoms with E-state index in [2.05, 4.69) is 13.8 Å². The Balaban J connectivity index is 0.00000400. The Kier molecular flexibility index (Phi) is 9.49. The average Bonchev–Trinajstić information content (AvgIpc) is 2.34. The molecule has 21 heavy (non-hydrogen) atoms. The Morgan fingerprint density at radius 2 is 2.05 bits per heavy atom. The highest BCUT2D eigenvalue weighted by Gasteiger charge is 2.26. The van der Waals surface area contributed by atoms with E-state index in [1.165, 1.54) is 0 Å². The molecule has 0 aromatic heterocycles. The maximum atomic E-state index is 11.8. The van der Waals surface area contributed by atoms with E-state index in [4.69, 9.17) is 10.5 Å². The van der Waals surface area contributed by atoms with Gasteiger partial charge >= 0.3 is 5.97 Å². The summed E-state index contributed by atoms with van der Waals surface area (Å²) in [5.74, 6) is 0.758. The van der Waals surface area contributed by atoms with E-state index in [1.807, 2.05) is 0 Å². The summed E-state index contributed by atoms with van der Waals surface area (Å²) in [6, 6.07) is 0. The van der Waals surface area contributed by atoms with Crippen molar-refractivity contribution in [3.05, 3.63) is 0 Å². The zero-order valence-corrected chi connectivity index (χ0v) is 14.5. The molecule has 0 radical (unpaired) electrons. The summed E-state index contributed by atoms with van der Waals surface area (Å²) >= 11 is 0. The highest BCUT2D eigenvalue weighted by Crippen LogP contribution is 2.19. The zero-order chi connectivity index (χ0) is 15.2. The SMILES string of the molecule is CC(C)C[C@H](CN)CC(=O)OCC1CCCS(=O)(=O)C1.Cl. The fourth-order valence-corrected chi connectivity index (χ4v) is 4.44. The normalized spacial score (nSPS) is 22.4. The van der Waals surface area contributed by atoms with Crippen molar-refractivity contribution in [2.45, 2.75) is 39.5 Å². The second-order valence-corrected chi connectivity index (χ2v) is 8.47. The van der Waals surface area contributed by atoms with Gasteiger partial charge in [-0.05, 0) is 37.6 Å². The second kappa shape index (κ2) is 9.64. The number of nitrogens with two attached hydrogens (primary N) is 1. The standard InChI is InChI=1S/C14H27NO4S.ClH/c1-11(2)6-13(8-15)7-14(16)19-9-12-4-3-5-20(17,18)10-12;/h11-13H,3-10,15H2,1-2H3;1H/t12?,13-;/m0./s1. The minimum atomic E-state index is -2.93. The third kappa shape index (κ3) is 8.63. The number of halogens is 1. The van der Waals surface area contributed by atoms with Crippen molar-refractivity contribution >= 4 is 28.2 Å². The van der Waals surface area contributed by atoms with Crippen LogP contribution in [0.4, 0.5) is 0 Å². The first-order valence-electron chi connectivity index (χ1n) is 7.38. The van der Waals surface area contributed by atoms with Crippen LogP contribution >= 0.6 is 12.4 Å². The van der Waals surface area contributed by atoms with Gasteiger partial charge in [0.2, 0.25) is 0 Å². The molecule has 1 heterocycles. The van der Waals surface area contributed by atoms with Crippen LogP contribution in [0.3, 0.4) is 0 Å². The summed E-state index contributed by atoms with van der Waals surface area (Å²) in [6.07, 6.45) is 2.72. The lowest BCUT2D eigenvalue weighted by atomic mass is 9.94. The Morgan fingerprint density at radius 3 is 2.57 bits per heavy atom. The van der Waals surface area contributed by atoms with E-state index in [0.29, 0.717) is 25.3 Å². The molecule has 5 nitrogen and oxygen atoms in total. The third-order valence-electron chi connectivity index (χ3n) is 3.63. The van der Waals surface area contributed by atoms with Crippen LogP contribution in [-0.4, -0.2) is 39.0 Å². The van der Waals surface area contributed by atoms with E-state index in [1.54, 1.807) is 0 Å². The van der Waals surface area contributed by atoms with Gasteiger partial charge in [0.15, 0.2) is 9.84 Å².